The van der Waals surface area contributed by atoms with Gasteiger partial charge in [-0.05, 0) is 61.2 Å². The van der Waals surface area contributed by atoms with Crippen LogP contribution in [0, 0.1) is 13.8 Å². The number of carbonyl (C=O) groups is 2. The number of amides is 3. The minimum absolute atomic E-state index is 0.173. The van der Waals surface area contributed by atoms with Gasteiger partial charge in [-0.2, -0.15) is 9.37 Å². The van der Waals surface area contributed by atoms with Crippen molar-refractivity contribution >= 4 is 35.1 Å². The monoisotopic (exact) mass is 441 g/mol. The van der Waals surface area contributed by atoms with Crippen LogP contribution < -0.4 is 4.90 Å². The van der Waals surface area contributed by atoms with E-state index < -0.39 is 5.25 Å². The van der Waals surface area contributed by atoms with Crippen LogP contribution in [0.3, 0.4) is 0 Å². The molecule has 2 aliphatic rings. The summed E-state index contributed by atoms with van der Waals surface area (Å²) in [6.45, 7) is 6.65. The van der Waals surface area contributed by atoms with E-state index in [1.165, 1.54) is 22.2 Å². The van der Waals surface area contributed by atoms with E-state index in [2.05, 4.69) is 39.0 Å². The Morgan fingerprint density at radius 2 is 1.72 bits per heavy atom. The molecule has 3 amide bonds. The molecule has 0 fully saturated rings. The van der Waals surface area contributed by atoms with E-state index in [0.29, 0.717) is 12.2 Å². The third-order valence-corrected chi connectivity index (χ3v) is 7.52. The van der Waals surface area contributed by atoms with Crippen LogP contribution in [0.2, 0.25) is 0 Å². The Labute approximate surface area is 192 Å². The molecule has 3 aromatic rings. The molecule has 2 heterocycles. The van der Waals surface area contributed by atoms with Crippen LogP contribution in [0.4, 0.5) is 10.5 Å². The summed E-state index contributed by atoms with van der Waals surface area (Å²) in [6.07, 6.45) is 0.909. The van der Waals surface area contributed by atoms with Crippen LogP contribution in [0.25, 0.3) is 0 Å². The number of rotatable bonds is 4. The fourth-order valence-electron chi connectivity index (χ4n) is 4.41. The molecule has 0 N–H and O–H groups in total. The van der Waals surface area contributed by atoms with Gasteiger partial charge in [0.05, 0.1) is 0 Å². The number of anilines is 1. The SMILES string of the molecule is CCc1ccc(N2C(=O)C3Sc4ccccc4C3=[N+](Cc3cc(C)ccc3C)C2=O)cc1. The van der Waals surface area contributed by atoms with Gasteiger partial charge in [0.2, 0.25) is 0 Å². The summed E-state index contributed by atoms with van der Waals surface area (Å²) in [4.78, 5) is 29.8. The highest BCUT2D eigenvalue weighted by Gasteiger charge is 2.53. The highest BCUT2D eigenvalue weighted by Crippen LogP contribution is 2.41. The predicted molar refractivity (Wildman–Crippen MR) is 129 cm³/mol. The molecule has 0 bridgehead atoms. The third-order valence-electron chi connectivity index (χ3n) is 6.25. The van der Waals surface area contributed by atoms with Crippen LogP contribution in [0.5, 0.6) is 0 Å². The Morgan fingerprint density at radius 3 is 2.47 bits per heavy atom. The summed E-state index contributed by atoms with van der Waals surface area (Å²) in [7, 11) is 0. The molecule has 0 aliphatic carbocycles. The number of imide groups is 1. The molecule has 0 saturated carbocycles. The zero-order valence-electron chi connectivity index (χ0n) is 18.5. The molecule has 0 radical (unpaired) electrons. The van der Waals surface area contributed by atoms with Crippen LogP contribution in [0.15, 0.2) is 71.6 Å². The van der Waals surface area contributed by atoms with Crippen molar-refractivity contribution in [1.82, 2.24) is 0 Å². The maximum absolute atomic E-state index is 13.8. The van der Waals surface area contributed by atoms with E-state index in [1.54, 1.807) is 4.58 Å². The molecule has 0 spiro atoms. The number of benzene rings is 3. The summed E-state index contributed by atoms with van der Waals surface area (Å²) in [6, 6.07) is 21.7. The molecule has 0 saturated heterocycles. The summed E-state index contributed by atoms with van der Waals surface area (Å²) in [5.74, 6) is -0.173. The van der Waals surface area contributed by atoms with Gasteiger partial charge >= 0.3 is 11.9 Å². The lowest BCUT2D eigenvalue weighted by molar-refractivity contribution is -0.444. The first kappa shape index (κ1) is 20.7. The average Bonchev–Trinajstić information content (AvgIpc) is 3.19. The van der Waals surface area contributed by atoms with Gasteiger partial charge in [0.25, 0.3) is 0 Å². The minimum atomic E-state index is -0.430. The smallest absolute Gasteiger partial charge is 0.244 e. The van der Waals surface area contributed by atoms with Gasteiger partial charge in [0.1, 0.15) is 17.9 Å². The molecular formula is C27H25N2O2S+. The van der Waals surface area contributed by atoms with Gasteiger partial charge < -0.3 is 0 Å². The van der Waals surface area contributed by atoms with Crippen molar-refractivity contribution in [2.45, 2.75) is 43.9 Å². The van der Waals surface area contributed by atoms with Crippen molar-refractivity contribution in [1.29, 1.82) is 0 Å². The van der Waals surface area contributed by atoms with Crippen LogP contribution in [0.1, 0.15) is 34.7 Å². The molecule has 5 rings (SSSR count). The summed E-state index contributed by atoms with van der Waals surface area (Å²) < 4.78 is 1.81. The summed E-state index contributed by atoms with van der Waals surface area (Å²) in [5, 5.41) is -0.430. The first-order chi connectivity index (χ1) is 15.5. The van der Waals surface area contributed by atoms with E-state index in [9.17, 15) is 9.59 Å². The molecule has 1 atom stereocenters. The Hall–Kier alpha value is -3.18. The van der Waals surface area contributed by atoms with Crippen LogP contribution in [-0.2, 0) is 17.8 Å². The van der Waals surface area contributed by atoms with Crippen molar-refractivity contribution in [3.63, 3.8) is 0 Å². The Balaban J connectivity index is 1.66. The molecule has 4 nitrogen and oxygen atoms in total. The van der Waals surface area contributed by atoms with Crippen molar-refractivity contribution in [3.8, 4) is 0 Å². The van der Waals surface area contributed by atoms with Gasteiger partial charge in [-0.15, -0.1) is 16.7 Å². The van der Waals surface area contributed by atoms with Gasteiger partial charge in [0.15, 0.2) is 5.25 Å². The molecule has 2 aliphatic heterocycles. The molecule has 0 aromatic heterocycles. The number of urea groups is 1. The first-order valence-corrected chi connectivity index (χ1v) is 11.8. The standard InChI is InChI=1S/C27H25N2O2S/c1-4-19-11-13-21(14-12-19)29-26(30)25-24(22-7-5-6-8-23(22)32-25)28(27(29)31)16-20-15-17(2)9-10-18(20)3/h5-15,25H,4,16H2,1-3H3/q+1. The Morgan fingerprint density at radius 1 is 0.969 bits per heavy atom. The normalized spacial score (nSPS) is 17.6. The van der Waals surface area contributed by atoms with Crippen LogP contribution in [-0.4, -0.2) is 27.5 Å². The highest BCUT2D eigenvalue weighted by molar-refractivity contribution is 8.02. The molecule has 160 valence electrons. The number of thioether (sulfide) groups is 1. The number of hydrogen-bond acceptors (Lipinski definition) is 3. The number of nitrogens with zero attached hydrogens (tertiary/aromatic N) is 2. The van der Waals surface area contributed by atoms with Gasteiger partial charge in [-0.3, -0.25) is 0 Å². The fourth-order valence-corrected chi connectivity index (χ4v) is 5.69. The second kappa shape index (κ2) is 8.06. The average molecular weight is 442 g/mol. The minimum Gasteiger partial charge on any atom is -0.244 e. The van der Waals surface area contributed by atoms with E-state index in [-0.39, 0.29) is 11.9 Å². The Bertz CT molecular complexity index is 1280. The number of hydrogen-bond donors (Lipinski definition) is 0. The van der Waals surface area contributed by atoms with Gasteiger partial charge in [-0.1, -0.05) is 55.0 Å². The number of aryl methyl sites for hydroxylation is 3. The number of carbonyl (C=O) groups excluding carboxylic acids is 2. The number of fused-ring (bicyclic) bond motifs is 3. The fraction of sp³-hybridized carbons (Fsp3) is 0.222. The largest absolute Gasteiger partial charge is 0.506 e. The van der Waals surface area contributed by atoms with E-state index >= 15 is 0 Å². The maximum Gasteiger partial charge on any atom is 0.506 e. The molecule has 5 heteroatoms. The Kier molecular flexibility index (Phi) is 5.22. The van der Waals surface area contributed by atoms with Crippen molar-refractivity contribution in [3.05, 3.63) is 94.5 Å². The van der Waals surface area contributed by atoms with E-state index in [4.69, 9.17) is 0 Å². The quantitative estimate of drug-likeness (QED) is 0.501. The second-order valence-corrected chi connectivity index (χ2v) is 9.52. The lowest BCUT2D eigenvalue weighted by Crippen LogP contribution is -2.55. The molecule has 32 heavy (non-hydrogen) atoms. The lowest BCUT2D eigenvalue weighted by atomic mass is 10.0. The third kappa shape index (κ3) is 3.37. The van der Waals surface area contributed by atoms with Crippen molar-refractivity contribution < 1.29 is 14.2 Å². The van der Waals surface area contributed by atoms with Gasteiger partial charge in [0, 0.05) is 10.5 Å². The topological polar surface area (TPSA) is 40.4 Å². The van der Waals surface area contributed by atoms with Crippen LogP contribution >= 0.6 is 11.8 Å². The van der Waals surface area contributed by atoms with E-state index in [0.717, 1.165) is 39.3 Å². The lowest BCUT2D eigenvalue weighted by Gasteiger charge is -2.25. The molecule has 3 aromatic carbocycles. The summed E-state index contributed by atoms with van der Waals surface area (Å²) >= 11 is 1.54. The molecular weight excluding hydrogens is 416 g/mol. The van der Waals surface area contributed by atoms with E-state index in [1.807, 2.05) is 48.5 Å². The highest BCUT2D eigenvalue weighted by atomic mass is 32.2. The van der Waals surface area contributed by atoms with Crippen molar-refractivity contribution in [2.75, 3.05) is 4.90 Å². The second-order valence-electron chi connectivity index (χ2n) is 8.37. The maximum atomic E-state index is 13.8. The summed E-state index contributed by atoms with van der Waals surface area (Å²) in [5.41, 5.74) is 6.97. The zero-order chi connectivity index (χ0) is 22.4. The predicted octanol–water partition coefficient (Wildman–Crippen LogP) is 5.51. The first-order valence-electron chi connectivity index (χ1n) is 10.9. The van der Waals surface area contributed by atoms with Crippen molar-refractivity contribution in [2.24, 2.45) is 0 Å². The zero-order valence-corrected chi connectivity index (χ0v) is 19.3. The van der Waals surface area contributed by atoms with Gasteiger partial charge in [-0.25, -0.2) is 4.79 Å². The molecule has 1 unspecified atom stereocenters.